The number of benzene rings is 2. The van der Waals surface area contributed by atoms with E-state index in [2.05, 4.69) is 15.5 Å². The molecule has 2 aromatic rings. The van der Waals surface area contributed by atoms with Crippen LogP contribution in [0.1, 0.15) is 31.4 Å². The van der Waals surface area contributed by atoms with E-state index in [9.17, 15) is 9.90 Å². The summed E-state index contributed by atoms with van der Waals surface area (Å²) in [6.45, 7) is 6.00. The van der Waals surface area contributed by atoms with Crippen molar-refractivity contribution in [2.75, 3.05) is 6.54 Å². The number of hydrogen-bond donors (Lipinski definition) is 3. The quantitative estimate of drug-likeness (QED) is 0.666. The molecule has 0 aromatic heterocycles. The molecule has 3 rings (SSSR count). The number of hydrogen-bond acceptors (Lipinski definition) is 4. The van der Waals surface area contributed by atoms with Gasteiger partial charge in [-0.15, -0.1) is 0 Å². The van der Waals surface area contributed by atoms with Crippen LogP contribution >= 0.6 is 11.6 Å². The van der Waals surface area contributed by atoms with Crippen LogP contribution in [0.3, 0.4) is 0 Å². The Hall–Kier alpha value is -2.08. The van der Waals surface area contributed by atoms with E-state index in [1.807, 2.05) is 50.2 Å². The van der Waals surface area contributed by atoms with E-state index in [1.54, 1.807) is 12.1 Å². The molecule has 0 unspecified atom stereocenters. The molecular formula is C22H28ClN3O2. The normalized spacial score (nSPS) is 19.9. The van der Waals surface area contributed by atoms with Crippen molar-refractivity contribution >= 4 is 17.5 Å². The first-order valence-electron chi connectivity index (χ1n) is 9.71. The van der Waals surface area contributed by atoms with Crippen molar-refractivity contribution in [3.05, 3.63) is 64.7 Å². The number of amides is 1. The predicted octanol–water partition coefficient (Wildman–Crippen LogP) is 3.30. The summed E-state index contributed by atoms with van der Waals surface area (Å²) in [7, 11) is 0. The van der Waals surface area contributed by atoms with Gasteiger partial charge in [0.15, 0.2) is 0 Å². The highest BCUT2D eigenvalue weighted by Gasteiger charge is 2.36. The van der Waals surface area contributed by atoms with E-state index in [1.165, 1.54) is 0 Å². The molecule has 28 heavy (non-hydrogen) atoms. The van der Waals surface area contributed by atoms with E-state index in [0.717, 1.165) is 29.1 Å². The van der Waals surface area contributed by atoms with Crippen LogP contribution in [-0.2, 0) is 17.9 Å². The Kier molecular flexibility index (Phi) is 6.94. The average Bonchev–Trinajstić information content (AvgIpc) is 3.04. The minimum Gasteiger partial charge on any atom is -0.508 e. The number of phenolic OH excluding ortho intramolecular Hbond substituents is 1. The lowest BCUT2D eigenvalue weighted by atomic mass is 10.1. The smallest absolute Gasteiger partial charge is 0.237 e. The maximum absolute atomic E-state index is 12.8. The molecule has 1 aliphatic rings. The Bertz CT molecular complexity index is 812. The largest absolute Gasteiger partial charge is 0.508 e. The van der Waals surface area contributed by atoms with Gasteiger partial charge in [0, 0.05) is 36.7 Å². The first-order chi connectivity index (χ1) is 13.4. The standard InChI is InChI=1S/C22H28ClN3O2/c1-15(2)25-22(28)21-11-18(24-12-16-6-5-8-19(27)10-16)14-26(21)13-17-7-3-4-9-20(17)23/h3-10,15,18,21,24,27H,11-14H2,1-2H3,(H,25,28)/t18-,21+/m1/s1. The zero-order valence-corrected chi connectivity index (χ0v) is 17.1. The van der Waals surface area contributed by atoms with Gasteiger partial charge in [0.2, 0.25) is 5.91 Å². The molecule has 1 saturated heterocycles. The Labute approximate surface area is 171 Å². The fourth-order valence-electron chi connectivity index (χ4n) is 3.65. The highest BCUT2D eigenvalue weighted by Crippen LogP contribution is 2.25. The number of rotatable bonds is 7. The van der Waals surface area contributed by atoms with Gasteiger partial charge in [-0.3, -0.25) is 9.69 Å². The Morgan fingerprint density at radius 3 is 2.75 bits per heavy atom. The minimum atomic E-state index is -0.194. The molecule has 5 nitrogen and oxygen atoms in total. The van der Waals surface area contributed by atoms with E-state index in [-0.39, 0.29) is 29.8 Å². The molecule has 0 spiro atoms. The molecule has 1 heterocycles. The van der Waals surface area contributed by atoms with E-state index < -0.39 is 0 Å². The molecule has 150 valence electrons. The summed E-state index contributed by atoms with van der Waals surface area (Å²) in [5.41, 5.74) is 2.05. The van der Waals surface area contributed by atoms with Crippen molar-refractivity contribution in [2.45, 2.75) is 51.5 Å². The molecule has 0 saturated carbocycles. The van der Waals surface area contributed by atoms with E-state index in [4.69, 9.17) is 11.6 Å². The van der Waals surface area contributed by atoms with Gasteiger partial charge in [-0.05, 0) is 49.6 Å². The second-order valence-electron chi connectivity index (χ2n) is 7.68. The third-order valence-electron chi connectivity index (χ3n) is 4.97. The maximum atomic E-state index is 12.8. The van der Waals surface area contributed by atoms with Crippen LogP contribution in [0.2, 0.25) is 5.02 Å². The number of nitrogens with one attached hydrogen (secondary N) is 2. The molecule has 1 fully saturated rings. The van der Waals surface area contributed by atoms with E-state index in [0.29, 0.717) is 13.1 Å². The third-order valence-corrected chi connectivity index (χ3v) is 5.34. The molecular weight excluding hydrogens is 374 g/mol. The fraction of sp³-hybridized carbons (Fsp3) is 0.409. The number of carbonyl (C=O) groups is 1. The van der Waals surface area contributed by atoms with Gasteiger partial charge in [0.05, 0.1) is 6.04 Å². The fourth-order valence-corrected chi connectivity index (χ4v) is 3.85. The number of aromatic hydroxyl groups is 1. The topological polar surface area (TPSA) is 64.6 Å². The minimum absolute atomic E-state index is 0.0590. The maximum Gasteiger partial charge on any atom is 0.237 e. The van der Waals surface area contributed by atoms with Gasteiger partial charge in [-0.2, -0.15) is 0 Å². The van der Waals surface area contributed by atoms with Crippen LogP contribution in [0, 0.1) is 0 Å². The molecule has 3 N–H and O–H groups in total. The van der Waals surface area contributed by atoms with Crippen molar-refractivity contribution in [3.63, 3.8) is 0 Å². The van der Waals surface area contributed by atoms with Crippen LogP contribution in [0.25, 0.3) is 0 Å². The van der Waals surface area contributed by atoms with Gasteiger partial charge in [-0.25, -0.2) is 0 Å². The summed E-state index contributed by atoms with van der Waals surface area (Å²) in [4.78, 5) is 15.0. The lowest BCUT2D eigenvalue weighted by Gasteiger charge is -2.24. The highest BCUT2D eigenvalue weighted by atomic mass is 35.5. The van der Waals surface area contributed by atoms with Crippen LogP contribution in [0.15, 0.2) is 48.5 Å². The van der Waals surface area contributed by atoms with Crippen LogP contribution < -0.4 is 10.6 Å². The molecule has 0 bridgehead atoms. The second kappa shape index (κ2) is 9.41. The Balaban J connectivity index is 1.68. The predicted molar refractivity (Wildman–Crippen MR) is 112 cm³/mol. The molecule has 2 atom stereocenters. The van der Waals surface area contributed by atoms with Crippen LogP contribution in [0.5, 0.6) is 5.75 Å². The van der Waals surface area contributed by atoms with Gasteiger partial charge >= 0.3 is 0 Å². The Morgan fingerprint density at radius 2 is 2.04 bits per heavy atom. The lowest BCUT2D eigenvalue weighted by molar-refractivity contribution is -0.126. The van der Waals surface area contributed by atoms with Gasteiger partial charge in [0.1, 0.15) is 5.75 Å². The average molecular weight is 402 g/mol. The van der Waals surface area contributed by atoms with Crippen LogP contribution in [-0.4, -0.2) is 40.6 Å². The number of nitrogens with zero attached hydrogens (tertiary/aromatic N) is 1. The van der Waals surface area contributed by atoms with Gasteiger partial charge in [-0.1, -0.05) is 41.9 Å². The molecule has 1 amide bonds. The summed E-state index contributed by atoms with van der Waals surface area (Å²) in [5.74, 6) is 0.323. The van der Waals surface area contributed by atoms with Crippen LogP contribution in [0.4, 0.5) is 0 Å². The van der Waals surface area contributed by atoms with Gasteiger partial charge in [0.25, 0.3) is 0 Å². The van der Waals surface area contributed by atoms with Crippen molar-refractivity contribution in [2.24, 2.45) is 0 Å². The molecule has 6 heteroatoms. The summed E-state index contributed by atoms with van der Waals surface area (Å²) in [6.07, 6.45) is 0.738. The lowest BCUT2D eigenvalue weighted by Crippen LogP contribution is -2.45. The second-order valence-corrected chi connectivity index (χ2v) is 8.09. The van der Waals surface area contributed by atoms with Crippen molar-refractivity contribution in [1.29, 1.82) is 0 Å². The van der Waals surface area contributed by atoms with Gasteiger partial charge < -0.3 is 15.7 Å². The van der Waals surface area contributed by atoms with E-state index >= 15 is 0 Å². The monoisotopic (exact) mass is 401 g/mol. The molecule has 1 aliphatic heterocycles. The zero-order valence-electron chi connectivity index (χ0n) is 16.4. The van der Waals surface area contributed by atoms with Crippen molar-refractivity contribution < 1.29 is 9.90 Å². The summed E-state index contributed by atoms with van der Waals surface area (Å²) in [5, 5.41) is 16.9. The van der Waals surface area contributed by atoms with Crippen molar-refractivity contribution in [1.82, 2.24) is 15.5 Å². The first-order valence-corrected chi connectivity index (χ1v) is 10.1. The zero-order chi connectivity index (χ0) is 20.1. The van der Waals surface area contributed by atoms with Crippen molar-refractivity contribution in [3.8, 4) is 5.75 Å². The molecule has 2 aromatic carbocycles. The number of likely N-dealkylation sites (tertiary alicyclic amines) is 1. The number of phenols is 1. The number of carbonyl (C=O) groups excluding carboxylic acids is 1. The first kappa shape index (κ1) is 20.6. The molecule has 0 radical (unpaired) electrons. The summed E-state index contributed by atoms with van der Waals surface area (Å²) < 4.78 is 0. The SMILES string of the molecule is CC(C)NC(=O)[C@@H]1C[C@@H](NCc2cccc(O)c2)CN1Cc1ccccc1Cl. The summed E-state index contributed by atoms with van der Waals surface area (Å²) >= 11 is 6.34. The Morgan fingerprint density at radius 1 is 1.25 bits per heavy atom. The molecule has 0 aliphatic carbocycles. The third kappa shape index (κ3) is 5.47. The number of halogens is 1. The summed E-state index contributed by atoms with van der Waals surface area (Å²) in [6, 6.07) is 15.1. The highest BCUT2D eigenvalue weighted by molar-refractivity contribution is 6.31.